The summed E-state index contributed by atoms with van der Waals surface area (Å²) in [6.45, 7) is 2.06. The Morgan fingerprint density at radius 1 is 1.07 bits per heavy atom. The summed E-state index contributed by atoms with van der Waals surface area (Å²) in [6, 6.07) is 13.7. The zero-order chi connectivity index (χ0) is 20.6. The van der Waals surface area contributed by atoms with E-state index in [4.69, 9.17) is 13.9 Å². The second-order valence-corrected chi connectivity index (χ2v) is 7.50. The van der Waals surface area contributed by atoms with Crippen LogP contribution in [0.15, 0.2) is 51.8 Å². The van der Waals surface area contributed by atoms with Crippen LogP contribution in [-0.4, -0.2) is 36.1 Å². The van der Waals surface area contributed by atoms with Crippen LogP contribution in [-0.2, 0) is 4.79 Å². The predicted octanol–water partition coefficient (Wildman–Crippen LogP) is 4.57. The minimum atomic E-state index is -0.159. The van der Waals surface area contributed by atoms with Gasteiger partial charge in [-0.25, -0.2) is 0 Å². The standard InChI is InChI=1S/C21H23N3O4S/c1-14-6-8-18(9-7-14)29-10-4-5-19(25)22-21-24-23-20(28-21)15-11-16(26-2)13-17(12-15)27-3/h6-9,11-13H,4-5,10H2,1-3H3,(H,22,24,25). The van der Waals surface area contributed by atoms with Crippen molar-refractivity contribution < 1.29 is 18.7 Å². The molecule has 7 nitrogen and oxygen atoms in total. The molecule has 29 heavy (non-hydrogen) atoms. The largest absolute Gasteiger partial charge is 0.497 e. The first-order valence-corrected chi connectivity index (χ1v) is 10.1. The van der Waals surface area contributed by atoms with E-state index >= 15 is 0 Å². The molecule has 0 atom stereocenters. The van der Waals surface area contributed by atoms with Crippen LogP contribution < -0.4 is 14.8 Å². The quantitative estimate of drug-likeness (QED) is 0.406. The molecule has 0 spiro atoms. The molecule has 0 bridgehead atoms. The summed E-state index contributed by atoms with van der Waals surface area (Å²) in [4.78, 5) is 13.3. The van der Waals surface area contributed by atoms with Gasteiger partial charge in [-0.05, 0) is 43.4 Å². The van der Waals surface area contributed by atoms with Crippen LogP contribution in [0, 0.1) is 6.92 Å². The van der Waals surface area contributed by atoms with Crippen LogP contribution in [0.3, 0.4) is 0 Å². The number of ether oxygens (including phenoxy) is 2. The summed E-state index contributed by atoms with van der Waals surface area (Å²) in [5.41, 5.74) is 1.88. The number of aryl methyl sites for hydroxylation is 1. The second-order valence-electron chi connectivity index (χ2n) is 6.33. The summed E-state index contributed by atoms with van der Waals surface area (Å²) in [5, 5.41) is 10.5. The summed E-state index contributed by atoms with van der Waals surface area (Å²) >= 11 is 1.73. The molecule has 1 N–H and O–H groups in total. The Balaban J connectivity index is 1.50. The Morgan fingerprint density at radius 3 is 2.41 bits per heavy atom. The first-order chi connectivity index (χ1) is 14.1. The number of anilines is 1. The fourth-order valence-electron chi connectivity index (χ4n) is 2.56. The molecule has 1 heterocycles. The maximum atomic E-state index is 12.1. The Hall–Kier alpha value is -3.00. The van der Waals surface area contributed by atoms with Crippen molar-refractivity contribution in [3.63, 3.8) is 0 Å². The van der Waals surface area contributed by atoms with E-state index < -0.39 is 0 Å². The number of methoxy groups -OCH3 is 2. The number of nitrogens with zero attached hydrogens (tertiary/aromatic N) is 2. The lowest BCUT2D eigenvalue weighted by Gasteiger charge is -2.05. The Labute approximate surface area is 173 Å². The van der Waals surface area contributed by atoms with Crippen LogP contribution >= 0.6 is 11.8 Å². The number of aromatic nitrogens is 2. The van der Waals surface area contributed by atoms with Gasteiger partial charge in [0.15, 0.2) is 0 Å². The van der Waals surface area contributed by atoms with Crippen molar-refractivity contribution in [1.29, 1.82) is 0 Å². The van der Waals surface area contributed by atoms with Gasteiger partial charge in [0, 0.05) is 22.9 Å². The molecule has 1 amide bonds. The van der Waals surface area contributed by atoms with Gasteiger partial charge in [-0.15, -0.1) is 16.9 Å². The fraction of sp³-hybridized carbons (Fsp3) is 0.286. The van der Waals surface area contributed by atoms with Gasteiger partial charge < -0.3 is 13.9 Å². The zero-order valence-electron chi connectivity index (χ0n) is 16.6. The lowest BCUT2D eigenvalue weighted by molar-refractivity contribution is -0.116. The molecule has 2 aromatic carbocycles. The molecular formula is C21H23N3O4S. The molecule has 1 aromatic heterocycles. The van der Waals surface area contributed by atoms with Crippen molar-refractivity contribution in [2.45, 2.75) is 24.7 Å². The van der Waals surface area contributed by atoms with Gasteiger partial charge in [0.05, 0.1) is 14.2 Å². The molecule has 3 rings (SSSR count). The SMILES string of the molecule is COc1cc(OC)cc(-c2nnc(NC(=O)CCCSc3ccc(C)cc3)o2)c1. The van der Waals surface area contributed by atoms with E-state index in [9.17, 15) is 4.79 Å². The smallest absolute Gasteiger partial charge is 0.322 e. The molecule has 152 valence electrons. The van der Waals surface area contributed by atoms with E-state index in [-0.39, 0.29) is 17.8 Å². The van der Waals surface area contributed by atoms with E-state index in [1.807, 2.05) is 0 Å². The molecule has 0 fully saturated rings. The maximum absolute atomic E-state index is 12.1. The Morgan fingerprint density at radius 2 is 1.76 bits per heavy atom. The van der Waals surface area contributed by atoms with Gasteiger partial charge in [0.25, 0.3) is 0 Å². The molecule has 0 aliphatic rings. The molecular weight excluding hydrogens is 390 g/mol. The molecule has 0 unspecified atom stereocenters. The number of amides is 1. The van der Waals surface area contributed by atoms with E-state index in [0.29, 0.717) is 23.5 Å². The fourth-order valence-corrected chi connectivity index (χ4v) is 3.41. The number of carbonyl (C=O) groups excluding carboxylic acids is 1. The highest BCUT2D eigenvalue weighted by Crippen LogP contribution is 2.29. The highest BCUT2D eigenvalue weighted by Gasteiger charge is 2.13. The highest BCUT2D eigenvalue weighted by atomic mass is 32.2. The second kappa shape index (κ2) is 9.97. The molecule has 0 saturated heterocycles. The third-order valence-corrected chi connectivity index (χ3v) is 5.21. The van der Waals surface area contributed by atoms with Gasteiger partial charge in [0.2, 0.25) is 11.8 Å². The Bertz CT molecular complexity index is 935. The molecule has 0 radical (unpaired) electrons. The normalized spacial score (nSPS) is 10.6. The van der Waals surface area contributed by atoms with Crippen molar-refractivity contribution in [2.75, 3.05) is 25.3 Å². The third-order valence-electron chi connectivity index (χ3n) is 4.11. The third kappa shape index (κ3) is 5.99. The topological polar surface area (TPSA) is 86.5 Å². The lowest BCUT2D eigenvalue weighted by atomic mass is 10.2. The van der Waals surface area contributed by atoms with Crippen molar-refractivity contribution in [2.24, 2.45) is 0 Å². The van der Waals surface area contributed by atoms with Crippen LogP contribution in [0.5, 0.6) is 11.5 Å². The van der Waals surface area contributed by atoms with Crippen LogP contribution in [0.4, 0.5) is 6.01 Å². The van der Waals surface area contributed by atoms with Crippen LogP contribution in [0.2, 0.25) is 0 Å². The molecule has 8 heteroatoms. The summed E-state index contributed by atoms with van der Waals surface area (Å²) in [7, 11) is 3.13. The minimum Gasteiger partial charge on any atom is -0.497 e. The highest BCUT2D eigenvalue weighted by molar-refractivity contribution is 7.99. The van der Waals surface area contributed by atoms with Crippen molar-refractivity contribution in [3.05, 3.63) is 48.0 Å². The maximum Gasteiger partial charge on any atom is 0.322 e. The van der Waals surface area contributed by atoms with Crippen molar-refractivity contribution in [3.8, 4) is 23.0 Å². The molecule has 3 aromatic rings. The number of nitrogens with one attached hydrogen (secondary N) is 1. The molecule has 0 saturated carbocycles. The van der Waals surface area contributed by atoms with E-state index in [1.165, 1.54) is 10.5 Å². The lowest BCUT2D eigenvalue weighted by Crippen LogP contribution is -2.11. The van der Waals surface area contributed by atoms with Gasteiger partial charge in [-0.3, -0.25) is 10.1 Å². The first kappa shape index (κ1) is 20.7. The predicted molar refractivity (Wildman–Crippen MR) is 113 cm³/mol. The molecule has 0 aliphatic carbocycles. The number of carbonyl (C=O) groups is 1. The van der Waals surface area contributed by atoms with Crippen LogP contribution in [0.25, 0.3) is 11.5 Å². The van der Waals surface area contributed by atoms with Gasteiger partial charge in [-0.2, -0.15) is 0 Å². The number of rotatable bonds is 9. The summed E-state index contributed by atoms with van der Waals surface area (Å²) in [6.07, 6.45) is 1.13. The number of hydrogen-bond donors (Lipinski definition) is 1. The summed E-state index contributed by atoms with van der Waals surface area (Å²) in [5.74, 6) is 2.18. The van der Waals surface area contributed by atoms with E-state index in [0.717, 1.165) is 12.2 Å². The van der Waals surface area contributed by atoms with Gasteiger partial charge in [-0.1, -0.05) is 22.8 Å². The number of benzene rings is 2. The van der Waals surface area contributed by atoms with Crippen molar-refractivity contribution >= 4 is 23.7 Å². The van der Waals surface area contributed by atoms with Crippen molar-refractivity contribution in [1.82, 2.24) is 10.2 Å². The first-order valence-electron chi connectivity index (χ1n) is 9.13. The minimum absolute atomic E-state index is 0.0676. The molecule has 0 aliphatic heterocycles. The van der Waals surface area contributed by atoms with E-state index in [1.54, 1.807) is 44.2 Å². The summed E-state index contributed by atoms with van der Waals surface area (Å²) < 4.78 is 16.0. The Kier molecular flexibility index (Phi) is 7.13. The van der Waals surface area contributed by atoms with Crippen LogP contribution in [0.1, 0.15) is 18.4 Å². The van der Waals surface area contributed by atoms with Gasteiger partial charge in [0.1, 0.15) is 11.5 Å². The number of hydrogen-bond acceptors (Lipinski definition) is 7. The van der Waals surface area contributed by atoms with E-state index in [2.05, 4.69) is 46.7 Å². The average Bonchev–Trinajstić information content (AvgIpc) is 3.20. The average molecular weight is 413 g/mol. The van der Waals surface area contributed by atoms with Gasteiger partial charge >= 0.3 is 6.01 Å². The number of thioether (sulfide) groups is 1. The monoisotopic (exact) mass is 413 g/mol. The zero-order valence-corrected chi connectivity index (χ0v) is 17.4.